The molecule has 0 saturated carbocycles. The third-order valence-electron chi connectivity index (χ3n) is 2.22. The van der Waals surface area contributed by atoms with Gasteiger partial charge in [-0.05, 0) is 6.07 Å². The van der Waals surface area contributed by atoms with E-state index in [9.17, 15) is 4.79 Å². The number of rotatable bonds is 2. The van der Waals surface area contributed by atoms with Crippen LogP contribution >= 0.6 is 11.6 Å². The van der Waals surface area contributed by atoms with Gasteiger partial charge in [-0.2, -0.15) is 10.4 Å². The number of nitriles is 1. The molecule has 2 aromatic heterocycles. The summed E-state index contributed by atoms with van der Waals surface area (Å²) in [6.45, 7) is 0. The maximum atomic E-state index is 11.9. The van der Waals surface area contributed by atoms with Gasteiger partial charge < -0.3 is 0 Å². The second-order valence-corrected chi connectivity index (χ2v) is 3.55. The molecule has 0 aliphatic heterocycles. The normalized spacial score (nSPS) is 9.88. The minimum absolute atomic E-state index is 0.0363. The summed E-state index contributed by atoms with van der Waals surface area (Å²) in [6.07, 6.45) is 4.42. The number of H-pyrrole nitrogens is 1. The molecule has 84 valence electrons. The molecular weight excluding hydrogens is 240 g/mol. The van der Waals surface area contributed by atoms with Gasteiger partial charge in [-0.25, -0.2) is 0 Å². The van der Waals surface area contributed by atoms with Gasteiger partial charge in [-0.1, -0.05) is 0 Å². The van der Waals surface area contributed by atoms with E-state index in [2.05, 4.69) is 15.2 Å². The van der Waals surface area contributed by atoms with E-state index in [1.54, 1.807) is 6.07 Å². The van der Waals surface area contributed by atoms with Crippen LogP contribution in [0.1, 0.15) is 11.3 Å². The third-order valence-corrected chi connectivity index (χ3v) is 2.47. The number of nitrogens with one attached hydrogen (secondary N) is 1. The SMILES string of the molecule is N#Cc1cncc(-c2c[nH]nc(CCl)c2=O)c1. The number of aromatic nitrogens is 3. The first-order valence-corrected chi connectivity index (χ1v) is 5.28. The van der Waals surface area contributed by atoms with Crippen molar-refractivity contribution in [2.24, 2.45) is 0 Å². The van der Waals surface area contributed by atoms with Crippen molar-refractivity contribution in [3.8, 4) is 17.2 Å². The van der Waals surface area contributed by atoms with Crippen LogP contribution in [0.5, 0.6) is 0 Å². The molecule has 0 fully saturated rings. The number of alkyl halides is 1. The van der Waals surface area contributed by atoms with Crippen molar-refractivity contribution in [2.75, 3.05) is 0 Å². The Kier molecular flexibility index (Phi) is 3.17. The zero-order chi connectivity index (χ0) is 12.3. The molecule has 2 heterocycles. The van der Waals surface area contributed by atoms with Crippen LogP contribution in [0.25, 0.3) is 11.1 Å². The van der Waals surface area contributed by atoms with Crippen LogP contribution in [0.3, 0.4) is 0 Å². The largest absolute Gasteiger partial charge is 0.287 e. The van der Waals surface area contributed by atoms with Crippen LogP contribution in [-0.2, 0) is 5.88 Å². The van der Waals surface area contributed by atoms with E-state index in [0.717, 1.165) is 0 Å². The first-order chi connectivity index (χ1) is 8.26. The maximum Gasteiger partial charge on any atom is 0.212 e. The molecular formula is C11H7ClN4O. The number of aromatic amines is 1. The number of halogens is 1. The van der Waals surface area contributed by atoms with E-state index in [4.69, 9.17) is 16.9 Å². The van der Waals surface area contributed by atoms with Crippen molar-refractivity contribution >= 4 is 11.6 Å². The molecule has 0 amide bonds. The summed E-state index contributed by atoms with van der Waals surface area (Å²) >= 11 is 5.60. The van der Waals surface area contributed by atoms with Crippen molar-refractivity contribution in [2.45, 2.75) is 5.88 Å². The lowest BCUT2D eigenvalue weighted by Crippen LogP contribution is -2.13. The second-order valence-electron chi connectivity index (χ2n) is 3.28. The fourth-order valence-electron chi connectivity index (χ4n) is 1.40. The molecule has 2 rings (SSSR count). The summed E-state index contributed by atoms with van der Waals surface area (Å²) in [4.78, 5) is 15.8. The summed E-state index contributed by atoms with van der Waals surface area (Å²) in [5.41, 5.74) is 1.35. The number of pyridine rings is 1. The molecule has 1 N–H and O–H groups in total. The Morgan fingerprint density at radius 3 is 3.00 bits per heavy atom. The monoisotopic (exact) mass is 246 g/mol. The molecule has 17 heavy (non-hydrogen) atoms. The Morgan fingerprint density at radius 1 is 1.47 bits per heavy atom. The Balaban J connectivity index is 2.61. The molecule has 0 saturated heterocycles. The van der Waals surface area contributed by atoms with E-state index < -0.39 is 0 Å². The van der Waals surface area contributed by atoms with Crippen molar-refractivity contribution in [1.29, 1.82) is 5.26 Å². The quantitative estimate of drug-likeness (QED) is 0.813. The first-order valence-electron chi connectivity index (χ1n) is 4.74. The fraction of sp³-hybridized carbons (Fsp3) is 0.0909. The fourth-order valence-corrected chi connectivity index (χ4v) is 1.58. The molecule has 6 heteroatoms. The van der Waals surface area contributed by atoms with Crippen LogP contribution in [-0.4, -0.2) is 15.2 Å². The van der Waals surface area contributed by atoms with Crippen LogP contribution in [0.15, 0.2) is 29.5 Å². The summed E-state index contributed by atoms with van der Waals surface area (Å²) in [5, 5.41) is 15.2. The zero-order valence-electron chi connectivity index (χ0n) is 8.64. The smallest absolute Gasteiger partial charge is 0.212 e. The van der Waals surface area contributed by atoms with Gasteiger partial charge in [-0.3, -0.25) is 14.9 Å². The molecule has 0 spiro atoms. The van der Waals surface area contributed by atoms with Crippen molar-refractivity contribution in [1.82, 2.24) is 15.2 Å². The van der Waals surface area contributed by atoms with Gasteiger partial charge in [0.25, 0.3) is 0 Å². The van der Waals surface area contributed by atoms with Crippen molar-refractivity contribution < 1.29 is 0 Å². The van der Waals surface area contributed by atoms with Crippen molar-refractivity contribution in [3.63, 3.8) is 0 Å². The van der Waals surface area contributed by atoms with Crippen molar-refractivity contribution in [3.05, 3.63) is 46.1 Å². The van der Waals surface area contributed by atoms with E-state index in [-0.39, 0.29) is 17.0 Å². The third kappa shape index (κ3) is 2.17. The highest BCUT2D eigenvalue weighted by molar-refractivity contribution is 6.16. The highest BCUT2D eigenvalue weighted by atomic mass is 35.5. The number of nitrogens with zero attached hydrogens (tertiary/aromatic N) is 3. The second kappa shape index (κ2) is 4.76. The van der Waals surface area contributed by atoms with E-state index >= 15 is 0 Å². The van der Waals surface area contributed by atoms with Crippen LogP contribution in [0.2, 0.25) is 0 Å². The molecule has 0 unspecified atom stereocenters. The highest BCUT2D eigenvalue weighted by Gasteiger charge is 2.09. The Hall–Kier alpha value is -2.19. The summed E-state index contributed by atoms with van der Waals surface area (Å²) in [7, 11) is 0. The predicted molar refractivity (Wildman–Crippen MR) is 62.4 cm³/mol. The Morgan fingerprint density at radius 2 is 2.29 bits per heavy atom. The van der Waals surface area contributed by atoms with Gasteiger partial charge in [0, 0.05) is 24.2 Å². The van der Waals surface area contributed by atoms with Gasteiger partial charge in [0.1, 0.15) is 11.8 Å². The van der Waals surface area contributed by atoms with Gasteiger partial charge in [-0.15, -0.1) is 11.6 Å². The molecule has 0 bridgehead atoms. The Bertz CT molecular complexity index is 644. The first kappa shape index (κ1) is 11.3. The van der Waals surface area contributed by atoms with Gasteiger partial charge in [0.15, 0.2) is 0 Å². The van der Waals surface area contributed by atoms with Gasteiger partial charge in [0.2, 0.25) is 5.43 Å². The topological polar surface area (TPSA) is 82.4 Å². The Labute approximate surface area is 102 Å². The lowest BCUT2D eigenvalue weighted by Gasteiger charge is -2.01. The summed E-state index contributed by atoms with van der Waals surface area (Å²) in [6, 6.07) is 3.56. The molecule has 5 nitrogen and oxygen atoms in total. The lowest BCUT2D eigenvalue weighted by molar-refractivity contribution is 0.955. The standard InChI is InChI=1S/C11H7ClN4O/c12-2-10-11(17)9(6-15-16-10)8-1-7(3-13)4-14-5-8/h1,4-6H,2H2,(H,15,17). The molecule has 2 aromatic rings. The maximum absolute atomic E-state index is 11.9. The minimum atomic E-state index is -0.254. The highest BCUT2D eigenvalue weighted by Crippen LogP contribution is 2.14. The van der Waals surface area contributed by atoms with Crippen LogP contribution in [0, 0.1) is 11.3 Å². The average Bonchev–Trinajstić information content (AvgIpc) is 2.39. The van der Waals surface area contributed by atoms with Crippen LogP contribution < -0.4 is 5.43 Å². The van der Waals surface area contributed by atoms with Gasteiger partial charge in [0.05, 0.1) is 17.0 Å². The van der Waals surface area contributed by atoms with E-state index in [1.165, 1.54) is 18.6 Å². The predicted octanol–water partition coefficient (Wildman–Crippen LogP) is 1.44. The van der Waals surface area contributed by atoms with Crippen LogP contribution in [0.4, 0.5) is 0 Å². The zero-order valence-corrected chi connectivity index (χ0v) is 9.40. The molecule has 0 radical (unpaired) electrons. The molecule has 0 atom stereocenters. The molecule has 0 aliphatic carbocycles. The number of hydrogen-bond donors (Lipinski definition) is 1. The molecule has 0 aromatic carbocycles. The minimum Gasteiger partial charge on any atom is -0.287 e. The number of hydrogen-bond acceptors (Lipinski definition) is 4. The summed E-state index contributed by atoms with van der Waals surface area (Å²) in [5.74, 6) is 0.0363. The van der Waals surface area contributed by atoms with Gasteiger partial charge >= 0.3 is 0 Å². The average molecular weight is 247 g/mol. The van der Waals surface area contributed by atoms with E-state index in [1.807, 2.05) is 6.07 Å². The summed E-state index contributed by atoms with van der Waals surface area (Å²) < 4.78 is 0. The molecule has 0 aliphatic rings. The van der Waals surface area contributed by atoms with E-state index in [0.29, 0.717) is 16.7 Å². The lowest BCUT2D eigenvalue weighted by atomic mass is 10.1.